The van der Waals surface area contributed by atoms with E-state index in [4.69, 9.17) is 0 Å². The molecule has 0 saturated carbocycles. The van der Waals surface area contributed by atoms with Crippen LogP contribution >= 0.6 is 0 Å². The van der Waals surface area contributed by atoms with E-state index in [1.165, 1.54) is 38.6 Å². The molecule has 1 atom stereocenters. The SMILES string of the molecule is CCC(CC)N1CCCCC1C. The summed E-state index contributed by atoms with van der Waals surface area (Å²) in [6.45, 7) is 8.36. The largest absolute Gasteiger partial charge is 0.298 e. The van der Waals surface area contributed by atoms with Gasteiger partial charge in [0.05, 0.1) is 0 Å². The zero-order valence-corrected chi connectivity index (χ0v) is 8.84. The van der Waals surface area contributed by atoms with E-state index in [-0.39, 0.29) is 0 Å². The van der Waals surface area contributed by atoms with Gasteiger partial charge in [-0.05, 0) is 39.2 Å². The third kappa shape index (κ3) is 2.22. The van der Waals surface area contributed by atoms with Crippen LogP contribution in [0.15, 0.2) is 0 Å². The van der Waals surface area contributed by atoms with Crippen molar-refractivity contribution in [3.8, 4) is 0 Å². The Hall–Kier alpha value is -0.0400. The molecular formula is C11H23N. The van der Waals surface area contributed by atoms with Crippen LogP contribution in [0.4, 0.5) is 0 Å². The first-order valence-electron chi connectivity index (χ1n) is 5.55. The van der Waals surface area contributed by atoms with Gasteiger partial charge in [0.1, 0.15) is 0 Å². The molecule has 1 heteroatoms. The van der Waals surface area contributed by atoms with Gasteiger partial charge >= 0.3 is 0 Å². The summed E-state index contributed by atoms with van der Waals surface area (Å²) >= 11 is 0. The van der Waals surface area contributed by atoms with Crippen molar-refractivity contribution in [2.75, 3.05) is 6.54 Å². The Morgan fingerprint density at radius 3 is 2.42 bits per heavy atom. The Bertz CT molecular complexity index is 118. The minimum Gasteiger partial charge on any atom is -0.298 e. The maximum atomic E-state index is 2.71. The molecular weight excluding hydrogens is 146 g/mol. The fraction of sp³-hybridized carbons (Fsp3) is 1.00. The zero-order valence-electron chi connectivity index (χ0n) is 8.84. The van der Waals surface area contributed by atoms with Crippen LogP contribution in [0.25, 0.3) is 0 Å². The van der Waals surface area contributed by atoms with E-state index in [1.807, 2.05) is 0 Å². The summed E-state index contributed by atoms with van der Waals surface area (Å²) in [4.78, 5) is 2.71. The van der Waals surface area contributed by atoms with Gasteiger partial charge in [0.2, 0.25) is 0 Å². The summed E-state index contributed by atoms with van der Waals surface area (Å²) in [6.07, 6.45) is 6.91. The third-order valence-electron chi connectivity index (χ3n) is 3.27. The molecule has 0 N–H and O–H groups in total. The molecule has 12 heavy (non-hydrogen) atoms. The van der Waals surface area contributed by atoms with E-state index < -0.39 is 0 Å². The average Bonchev–Trinajstić information content (AvgIpc) is 2.10. The van der Waals surface area contributed by atoms with Gasteiger partial charge in [-0.2, -0.15) is 0 Å². The van der Waals surface area contributed by atoms with Crippen molar-refractivity contribution >= 4 is 0 Å². The summed E-state index contributed by atoms with van der Waals surface area (Å²) in [6, 6.07) is 1.68. The predicted molar refractivity (Wildman–Crippen MR) is 54.4 cm³/mol. The standard InChI is InChI=1S/C11H23N/c1-4-11(5-2)12-9-7-6-8-10(12)3/h10-11H,4-9H2,1-3H3. The van der Waals surface area contributed by atoms with Crippen molar-refractivity contribution in [2.45, 2.75) is 65.0 Å². The summed E-state index contributed by atoms with van der Waals surface area (Å²) in [7, 11) is 0. The van der Waals surface area contributed by atoms with Gasteiger partial charge < -0.3 is 0 Å². The van der Waals surface area contributed by atoms with Crippen LogP contribution in [-0.4, -0.2) is 23.5 Å². The summed E-state index contributed by atoms with van der Waals surface area (Å²) < 4.78 is 0. The van der Waals surface area contributed by atoms with Gasteiger partial charge in [0.25, 0.3) is 0 Å². The molecule has 0 bridgehead atoms. The fourth-order valence-electron chi connectivity index (χ4n) is 2.42. The Balaban J connectivity index is 2.45. The summed E-state index contributed by atoms with van der Waals surface area (Å²) in [5.41, 5.74) is 0. The highest BCUT2D eigenvalue weighted by molar-refractivity contribution is 4.78. The highest BCUT2D eigenvalue weighted by Crippen LogP contribution is 2.21. The van der Waals surface area contributed by atoms with E-state index in [1.54, 1.807) is 0 Å². The van der Waals surface area contributed by atoms with E-state index in [0.29, 0.717) is 0 Å². The number of likely N-dealkylation sites (tertiary alicyclic amines) is 1. The van der Waals surface area contributed by atoms with Crippen LogP contribution in [0.1, 0.15) is 52.9 Å². The third-order valence-corrected chi connectivity index (χ3v) is 3.27. The second-order valence-corrected chi connectivity index (χ2v) is 4.05. The van der Waals surface area contributed by atoms with Gasteiger partial charge in [-0.3, -0.25) is 4.90 Å². The van der Waals surface area contributed by atoms with Crippen molar-refractivity contribution in [1.82, 2.24) is 4.90 Å². The summed E-state index contributed by atoms with van der Waals surface area (Å²) in [5, 5.41) is 0. The van der Waals surface area contributed by atoms with Crippen molar-refractivity contribution in [2.24, 2.45) is 0 Å². The molecule has 0 aliphatic carbocycles. The van der Waals surface area contributed by atoms with Crippen molar-refractivity contribution in [3.05, 3.63) is 0 Å². The number of hydrogen-bond donors (Lipinski definition) is 0. The highest BCUT2D eigenvalue weighted by Gasteiger charge is 2.23. The highest BCUT2D eigenvalue weighted by atomic mass is 15.2. The Kier molecular flexibility index (Phi) is 4.07. The number of nitrogens with zero attached hydrogens (tertiary/aromatic N) is 1. The van der Waals surface area contributed by atoms with Gasteiger partial charge in [0.15, 0.2) is 0 Å². The first-order chi connectivity index (χ1) is 5.79. The van der Waals surface area contributed by atoms with Crippen LogP contribution in [0.5, 0.6) is 0 Å². The Morgan fingerprint density at radius 1 is 1.25 bits per heavy atom. The molecule has 0 aromatic carbocycles. The first-order valence-corrected chi connectivity index (χ1v) is 5.55. The number of piperidine rings is 1. The van der Waals surface area contributed by atoms with Crippen LogP contribution in [0.2, 0.25) is 0 Å². The fourth-order valence-corrected chi connectivity index (χ4v) is 2.42. The van der Waals surface area contributed by atoms with E-state index in [2.05, 4.69) is 25.7 Å². The number of rotatable bonds is 3. The minimum atomic E-state index is 0.837. The minimum absolute atomic E-state index is 0.837. The molecule has 1 rings (SSSR count). The summed E-state index contributed by atoms with van der Waals surface area (Å²) in [5.74, 6) is 0. The van der Waals surface area contributed by atoms with E-state index in [0.717, 1.165) is 12.1 Å². The zero-order chi connectivity index (χ0) is 8.97. The molecule has 1 unspecified atom stereocenters. The first kappa shape index (κ1) is 10.0. The second-order valence-electron chi connectivity index (χ2n) is 4.05. The van der Waals surface area contributed by atoms with Crippen molar-refractivity contribution < 1.29 is 0 Å². The van der Waals surface area contributed by atoms with Gasteiger partial charge in [0, 0.05) is 12.1 Å². The lowest BCUT2D eigenvalue weighted by Crippen LogP contribution is -2.44. The maximum absolute atomic E-state index is 2.71. The molecule has 0 aromatic heterocycles. The molecule has 1 aliphatic rings. The lowest BCUT2D eigenvalue weighted by atomic mass is 9.99. The molecule has 1 nitrogen and oxygen atoms in total. The van der Waals surface area contributed by atoms with E-state index >= 15 is 0 Å². The molecule has 0 spiro atoms. The predicted octanol–water partition coefficient (Wildman–Crippen LogP) is 3.05. The molecule has 0 radical (unpaired) electrons. The normalized spacial score (nSPS) is 26.5. The number of hydrogen-bond acceptors (Lipinski definition) is 1. The maximum Gasteiger partial charge on any atom is 0.00928 e. The van der Waals surface area contributed by atoms with Gasteiger partial charge in [-0.15, -0.1) is 0 Å². The van der Waals surface area contributed by atoms with Crippen molar-refractivity contribution in [1.29, 1.82) is 0 Å². The van der Waals surface area contributed by atoms with Crippen LogP contribution in [-0.2, 0) is 0 Å². The quantitative estimate of drug-likeness (QED) is 0.627. The van der Waals surface area contributed by atoms with Crippen LogP contribution in [0, 0.1) is 0 Å². The Morgan fingerprint density at radius 2 is 1.92 bits per heavy atom. The molecule has 1 aliphatic heterocycles. The van der Waals surface area contributed by atoms with Gasteiger partial charge in [-0.25, -0.2) is 0 Å². The van der Waals surface area contributed by atoms with Crippen molar-refractivity contribution in [3.63, 3.8) is 0 Å². The van der Waals surface area contributed by atoms with E-state index in [9.17, 15) is 0 Å². The Labute approximate surface area is 77.1 Å². The topological polar surface area (TPSA) is 3.24 Å². The van der Waals surface area contributed by atoms with Crippen LogP contribution in [0.3, 0.4) is 0 Å². The average molecular weight is 169 g/mol. The lowest BCUT2D eigenvalue weighted by molar-refractivity contribution is 0.0996. The molecule has 0 aromatic rings. The molecule has 1 saturated heterocycles. The van der Waals surface area contributed by atoms with Gasteiger partial charge in [-0.1, -0.05) is 20.3 Å². The monoisotopic (exact) mass is 169 g/mol. The lowest BCUT2D eigenvalue weighted by Gasteiger charge is -2.39. The molecule has 0 amide bonds. The second kappa shape index (κ2) is 4.86. The smallest absolute Gasteiger partial charge is 0.00928 e. The van der Waals surface area contributed by atoms with Crippen LogP contribution < -0.4 is 0 Å². The molecule has 1 fully saturated rings. The molecule has 1 heterocycles. The molecule has 72 valence electrons.